The first kappa shape index (κ1) is 19.8. The lowest BCUT2D eigenvalue weighted by atomic mass is 10.1. The van der Waals surface area contributed by atoms with Crippen LogP contribution in [0.5, 0.6) is 0 Å². The Labute approximate surface area is 125 Å². The van der Waals surface area contributed by atoms with Gasteiger partial charge in [0.15, 0.2) is 0 Å². The molecule has 0 aromatic rings. The Kier molecular flexibility index (Phi) is 11.8. The molecule has 0 saturated carbocycles. The number of carbonyl (C=O) groups is 2. The van der Waals surface area contributed by atoms with Gasteiger partial charge in [-0.2, -0.15) is 0 Å². The third-order valence-corrected chi connectivity index (χ3v) is 2.95. The summed E-state index contributed by atoms with van der Waals surface area (Å²) < 4.78 is 9.53. The molecule has 0 fully saturated rings. The fourth-order valence-electron chi connectivity index (χ4n) is 1.61. The lowest BCUT2D eigenvalue weighted by molar-refractivity contribution is -0.169. The Morgan fingerprint density at radius 1 is 0.762 bits per heavy atom. The molecule has 8 nitrogen and oxygen atoms in total. The van der Waals surface area contributed by atoms with Gasteiger partial charge in [-0.15, -0.1) is 0 Å². The minimum atomic E-state index is -0.728. The molecular formula is C13H28N4O4. The molecule has 0 rings (SSSR count). The van der Waals surface area contributed by atoms with Crippen molar-refractivity contribution < 1.29 is 19.1 Å². The van der Waals surface area contributed by atoms with Crippen molar-refractivity contribution in [3.63, 3.8) is 0 Å². The molecular weight excluding hydrogens is 276 g/mol. The number of carbonyl (C=O) groups excluding carboxylic acids is 2. The van der Waals surface area contributed by atoms with E-state index in [4.69, 9.17) is 32.4 Å². The molecule has 8 heteroatoms. The van der Waals surface area contributed by atoms with Gasteiger partial charge >= 0.3 is 11.9 Å². The Bertz CT molecular complexity index is 274. The summed E-state index contributed by atoms with van der Waals surface area (Å²) in [6.07, 6.45) is 4.07. The van der Waals surface area contributed by atoms with Gasteiger partial charge in [-0.1, -0.05) is 12.8 Å². The topological polar surface area (TPSA) is 157 Å². The maximum Gasteiger partial charge on any atom is 0.325 e. The van der Waals surface area contributed by atoms with Crippen LogP contribution in [0.4, 0.5) is 0 Å². The lowest BCUT2D eigenvalue weighted by Crippen LogP contribution is -2.35. The Morgan fingerprint density at radius 2 is 1.14 bits per heavy atom. The van der Waals surface area contributed by atoms with E-state index in [0.717, 1.165) is 25.7 Å². The van der Waals surface area contributed by atoms with Gasteiger partial charge in [0.2, 0.25) is 6.79 Å². The van der Waals surface area contributed by atoms with Crippen molar-refractivity contribution in [2.24, 2.45) is 22.9 Å². The normalized spacial score (nSPS) is 13.5. The number of hydrogen-bond acceptors (Lipinski definition) is 8. The molecule has 0 amide bonds. The van der Waals surface area contributed by atoms with Crippen LogP contribution in [0, 0.1) is 0 Å². The summed E-state index contributed by atoms with van der Waals surface area (Å²) in [7, 11) is 0. The van der Waals surface area contributed by atoms with Crippen molar-refractivity contribution in [2.45, 2.75) is 50.6 Å². The number of hydrogen-bond donors (Lipinski definition) is 4. The predicted molar refractivity (Wildman–Crippen MR) is 78.8 cm³/mol. The molecule has 0 aliphatic heterocycles. The molecule has 0 heterocycles. The summed E-state index contributed by atoms with van der Waals surface area (Å²) in [5, 5.41) is 0. The van der Waals surface area contributed by atoms with Crippen LogP contribution in [0.25, 0.3) is 0 Å². The first-order chi connectivity index (χ1) is 10.0. The maximum absolute atomic E-state index is 11.5. The number of rotatable bonds is 12. The Balaban J connectivity index is 3.75. The molecule has 2 unspecified atom stereocenters. The largest absolute Gasteiger partial charge is 0.427 e. The van der Waals surface area contributed by atoms with Gasteiger partial charge in [0.1, 0.15) is 12.1 Å². The number of unbranched alkanes of at least 4 members (excludes halogenated alkanes) is 2. The van der Waals surface area contributed by atoms with Gasteiger partial charge in [0.05, 0.1) is 0 Å². The van der Waals surface area contributed by atoms with E-state index in [9.17, 15) is 9.59 Å². The highest BCUT2D eigenvalue weighted by molar-refractivity contribution is 5.76. The summed E-state index contributed by atoms with van der Waals surface area (Å²) in [5.74, 6) is -1.20. The monoisotopic (exact) mass is 304 g/mol. The van der Waals surface area contributed by atoms with Crippen LogP contribution in [-0.4, -0.2) is 43.9 Å². The van der Waals surface area contributed by atoms with E-state index in [1.807, 2.05) is 0 Å². The van der Waals surface area contributed by atoms with Crippen LogP contribution >= 0.6 is 0 Å². The van der Waals surface area contributed by atoms with Crippen molar-refractivity contribution in [3.8, 4) is 0 Å². The lowest BCUT2D eigenvalue weighted by Gasteiger charge is -2.13. The van der Waals surface area contributed by atoms with Crippen molar-refractivity contribution in [1.29, 1.82) is 0 Å². The van der Waals surface area contributed by atoms with Crippen molar-refractivity contribution in [3.05, 3.63) is 0 Å². The maximum atomic E-state index is 11.5. The Hall–Kier alpha value is -1.22. The standard InChI is InChI=1S/C13H28N4O4/c14-7-3-1-5-10(16)12(18)20-9-21-13(19)11(17)6-2-4-8-15/h10-11H,1-9,14-17H2. The zero-order valence-electron chi connectivity index (χ0n) is 12.5. The van der Waals surface area contributed by atoms with Gasteiger partial charge in [-0.05, 0) is 38.8 Å². The molecule has 0 saturated heterocycles. The Morgan fingerprint density at radius 3 is 1.48 bits per heavy atom. The van der Waals surface area contributed by atoms with Gasteiger partial charge < -0.3 is 32.4 Å². The fourth-order valence-corrected chi connectivity index (χ4v) is 1.61. The number of ether oxygens (including phenoxy) is 2. The van der Waals surface area contributed by atoms with E-state index in [1.54, 1.807) is 0 Å². The number of esters is 2. The van der Waals surface area contributed by atoms with Crippen molar-refractivity contribution in [2.75, 3.05) is 19.9 Å². The summed E-state index contributed by atoms with van der Waals surface area (Å²) >= 11 is 0. The molecule has 0 bridgehead atoms. The molecule has 124 valence electrons. The minimum Gasteiger partial charge on any atom is -0.427 e. The molecule has 0 spiro atoms. The molecule has 21 heavy (non-hydrogen) atoms. The third-order valence-electron chi connectivity index (χ3n) is 2.95. The molecule has 8 N–H and O–H groups in total. The summed E-state index contributed by atoms with van der Waals surface area (Å²) in [5.41, 5.74) is 21.9. The highest BCUT2D eigenvalue weighted by Crippen LogP contribution is 2.02. The van der Waals surface area contributed by atoms with Crippen molar-refractivity contribution >= 4 is 11.9 Å². The average molecular weight is 304 g/mol. The minimum absolute atomic E-state index is 0.465. The SMILES string of the molecule is NCCCCC(N)C(=O)OCOC(=O)C(N)CCCCN. The highest BCUT2D eigenvalue weighted by atomic mass is 16.7. The molecule has 0 aromatic carbocycles. The van der Waals surface area contributed by atoms with E-state index in [2.05, 4.69) is 0 Å². The molecule has 2 atom stereocenters. The first-order valence-electron chi connectivity index (χ1n) is 7.27. The quantitative estimate of drug-likeness (QED) is 0.202. The van der Waals surface area contributed by atoms with Crippen LogP contribution < -0.4 is 22.9 Å². The van der Waals surface area contributed by atoms with Gasteiger partial charge in [0, 0.05) is 0 Å². The molecule has 0 aliphatic rings. The first-order valence-corrected chi connectivity index (χ1v) is 7.27. The van der Waals surface area contributed by atoms with E-state index < -0.39 is 30.8 Å². The second-order valence-corrected chi connectivity index (χ2v) is 4.83. The third kappa shape index (κ3) is 10.2. The predicted octanol–water partition coefficient (Wildman–Crippen LogP) is -1.06. The molecule has 0 radical (unpaired) electrons. The van der Waals surface area contributed by atoms with Crippen molar-refractivity contribution in [1.82, 2.24) is 0 Å². The van der Waals surface area contributed by atoms with Crippen LogP contribution in [-0.2, 0) is 19.1 Å². The van der Waals surface area contributed by atoms with E-state index >= 15 is 0 Å². The second kappa shape index (κ2) is 12.5. The highest BCUT2D eigenvalue weighted by Gasteiger charge is 2.17. The smallest absolute Gasteiger partial charge is 0.325 e. The average Bonchev–Trinajstić information content (AvgIpc) is 2.47. The van der Waals surface area contributed by atoms with Crippen LogP contribution in [0.2, 0.25) is 0 Å². The summed E-state index contributed by atoms with van der Waals surface area (Å²) in [6.45, 7) is 0.649. The van der Waals surface area contributed by atoms with Gasteiger partial charge in [-0.3, -0.25) is 9.59 Å². The van der Waals surface area contributed by atoms with E-state index in [-0.39, 0.29) is 0 Å². The zero-order chi connectivity index (χ0) is 16.1. The zero-order valence-corrected chi connectivity index (χ0v) is 12.5. The van der Waals surface area contributed by atoms with Crippen LogP contribution in [0.3, 0.4) is 0 Å². The van der Waals surface area contributed by atoms with Crippen LogP contribution in [0.15, 0.2) is 0 Å². The number of nitrogens with two attached hydrogens (primary N) is 4. The van der Waals surface area contributed by atoms with Gasteiger partial charge in [-0.25, -0.2) is 0 Å². The molecule has 0 aliphatic carbocycles. The van der Waals surface area contributed by atoms with E-state index in [1.165, 1.54) is 0 Å². The fraction of sp³-hybridized carbons (Fsp3) is 0.846. The van der Waals surface area contributed by atoms with Crippen LogP contribution in [0.1, 0.15) is 38.5 Å². The summed E-state index contributed by atoms with van der Waals surface area (Å²) in [4.78, 5) is 23.0. The second-order valence-electron chi connectivity index (χ2n) is 4.83. The summed E-state index contributed by atoms with van der Waals surface area (Å²) in [6, 6.07) is -1.46. The van der Waals surface area contributed by atoms with Gasteiger partial charge in [0.25, 0.3) is 0 Å². The van der Waals surface area contributed by atoms with E-state index in [0.29, 0.717) is 25.9 Å². The molecule has 0 aromatic heterocycles.